The number of hydrogen-bond acceptors (Lipinski definition) is 4. The van der Waals surface area contributed by atoms with Crippen LogP contribution in [0.5, 0.6) is 0 Å². The topological polar surface area (TPSA) is 84.5 Å². The molecule has 6 nitrogen and oxygen atoms in total. The maximum atomic E-state index is 12.4. The van der Waals surface area contributed by atoms with E-state index in [4.69, 9.17) is 4.74 Å². The Balaban J connectivity index is 1.50. The minimum Gasteiger partial charge on any atom is -0.449 e. The van der Waals surface area contributed by atoms with Crippen molar-refractivity contribution in [3.05, 3.63) is 59.7 Å². The molecule has 0 saturated carbocycles. The Labute approximate surface area is 188 Å². The van der Waals surface area contributed by atoms with Crippen molar-refractivity contribution in [2.45, 2.75) is 44.6 Å². The van der Waals surface area contributed by atoms with Gasteiger partial charge in [-0.05, 0) is 35.1 Å². The Kier molecular flexibility index (Phi) is 8.12. The highest BCUT2D eigenvalue weighted by Gasteiger charge is 2.29. The predicted molar refractivity (Wildman–Crippen MR) is 123 cm³/mol. The maximum absolute atomic E-state index is 12.4. The highest BCUT2D eigenvalue weighted by atomic mass is 32.1. The second-order valence-electron chi connectivity index (χ2n) is 7.69. The highest BCUT2D eigenvalue weighted by Crippen LogP contribution is 2.44. The van der Waals surface area contributed by atoms with E-state index in [9.17, 15) is 14.4 Å². The largest absolute Gasteiger partial charge is 0.449 e. The summed E-state index contributed by atoms with van der Waals surface area (Å²) in [6.45, 7) is 2.28. The van der Waals surface area contributed by atoms with Gasteiger partial charge in [0.25, 0.3) is 0 Å². The van der Waals surface area contributed by atoms with Crippen LogP contribution in [0.2, 0.25) is 0 Å². The van der Waals surface area contributed by atoms with Gasteiger partial charge in [-0.1, -0.05) is 61.4 Å². The Hall–Kier alpha value is -2.80. The van der Waals surface area contributed by atoms with Crippen molar-refractivity contribution in [2.24, 2.45) is 0 Å². The van der Waals surface area contributed by atoms with Gasteiger partial charge < -0.3 is 15.4 Å². The van der Waals surface area contributed by atoms with E-state index in [1.807, 2.05) is 24.3 Å². The molecule has 0 aliphatic heterocycles. The smallest absolute Gasteiger partial charge is 0.407 e. The van der Waals surface area contributed by atoms with Gasteiger partial charge >= 0.3 is 6.09 Å². The molecule has 2 aromatic rings. The third kappa shape index (κ3) is 6.10. The van der Waals surface area contributed by atoms with Crippen molar-refractivity contribution in [2.75, 3.05) is 13.2 Å². The fraction of sp³-hybridized carbons (Fsp3) is 0.375. The number of alkyl carbamates (subject to hydrolysis) is 1. The molecule has 1 aliphatic carbocycles. The van der Waals surface area contributed by atoms with E-state index in [1.54, 1.807) is 0 Å². The number of carbonyl (C=O) groups excluding carboxylic acids is 3. The van der Waals surface area contributed by atoms with E-state index in [0.717, 1.165) is 41.5 Å². The standard InChI is InChI=1S/C24H28N2O4S/c1-16(27)25-14-8-2-3-13-22(23(28)31)26-24(29)30-15-21-19-11-6-4-9-17(19)18-10-5-7-12-20(18)21/h4-7,9-12,21-22H,2-3,8,13-15H2,1H3,(H,25,27)(H,26,29)(H,28,31)/t22-/m1/s1. The molecule has 0 bridgehead atoms. The normalized spacial score (nSPS) is 13.1. The van der Waals surface area contributed by atoms with Crippen LogP contribution in [-0.2, 0) is 14.3 Å². The van der Waals surface area contributed by atoms with E-state index in [0.29, 0.717) is 13.0 Å². The average molecular weight is 441 g/mol. The number of rotatable bonds is 10. The van der Waals surface area contributed by atoms with Crippen LogP contribution in [0.4, 0.5) is 4.79 Å². The number of hydrogen-bond donors (Lipinski definition) is 3. The lowest BCUT2D eigenvalue weighted by molar-refractivity contribution is -0.119. The van der Waals surface area contributed by atoms with Crippen LogP contribution in [0, 0.1) is 0 Å². The molecule has 7 heteroatoms. The van der Waals surface area contributed by atoms with E-state index in [1.165, 1.54) is 6.92 Å². The molecule has 2 amide bonds. The lowest BCUT2D eigenvalue weighted by Gasteiger charge is -2.18. The van der Waals surface area contributed by atoms with Gasteiger partial charge in [-0.2, -0.15) is 0 Å². The molecule has 0 heterocycles. The summed E-state index contributed by atoms with van der Waals surface area (Å²) < 4.78 is 5.51. The zero-order valence-electron chi connectivity index (χ0n) is 17.6. The van der Waals surface area contributed by atoms with E-state index >= 15 is 0 Å². The summed E-state index contributed by atoms with van der Waals surface area (Å²) in [6.07, 6.45) is 2.25. The van der Waals surface area contributed by atoms with Crippen LogP contribution < -0.4 is 10.6 Å². The van der Waals surface area contributed by atoms with Crippen LogP contribution in [0.15, 0.2) is 48.5 Å². The van der Waals surface area contributed by atoms with Crippen molar-refractivity contribution in [3.8, 4) is 11.1 Å². The fourth-order valence-electron chi connectivity index (χ4n) is 3.95. The monoisotopic (exact) mass is 440 g/mol. The van der Waals surface area contributed by atoms with Crippen molar-refractivity contribution in [3.63, 3.8) is 0 Å². The third-order valence-corrected chi connectivity index (χ3v) is 5.79. The number of ether oxygens (including phenoxy) is 1. The van der Waals surface area contributed by atoms with Crippen molar-refractivity contribution in [1.82, 2.24) is 10.6 Å². The van der Waals surface area contributed by atoms with Crippen molar-refractivity contribution < 1.29 is 19.1 Å². The van der Waals surface area contributed by atoms with Gasteiger partial charge in [-0.3, -0.25) is 9.59 Å². The second kappa shape index (κ2) is 11.0. The SMILES string of the molecule is CC(=O)NCCCCC[C@@H](NC(=O)OCC1c2ccccc2-c2ccccc21)C(=O)S. The first kappa shape index (κ1) is 22.9. The average Bonchev–Trinajstić information content (AvgIpc) is 3.07. The van der Waals surface area contributed by atoms with Gasteiger partial charge in [0.15, 0.2) is 0 Å². The van der Waals surface area contributed by atoms with Crippen LogP contribution in [0.1, 0.15) is 49.7 Å². The van der Waals surface area contributed by atoms with Crippen LogP contribution in [0.3, 0.4) is 0 Å². The highest BCUT2D eigenvalue weighted by molar-refractivity contribution is 7.96. The van der Waals surface area contributed by atoms with Gasteiger partial charge in [-0.15, -0.1) is 12.6 Å². The molecular formula is C24H28N2O4S. The zero-order valence-corrected chi connectivity index (χ0v) is 18.5. The molecule has 0 radical (unpaired) electrons. The molecule has 2 aromatic carbocycles. The summed E-state index contributed by atoms with van der Waals surface area (Å²) in [4.78, 5) is 35.1. The molecular weight excluding hydrogens is 412 g/mol. The second-order valence-corrected chi connectivity index (χ2v) is 8.13. The number of nitrogens with one attached hydrogen (secondary N) is 2. The van der Waals surface area contributed by atoms with E-state index < -0.39 is 17.3 Å². The lowest BCUT2D eigenvalue weighted by atomic mass is 9.98. The Morgan fingerprint density at radius 3 is 2.16 bits per heavy atom. The van der Waals surface area contributed by atoms with Gasteiger partial charge in [0.1, 0.15) is 12.6 Å². The summed E-state index contributed by atoms with van der Waals surface area (Å²) in [7, 11) is 0. The Bertz CT molecular complexity index is 901. The summed E-state index contributed by atoms with van der Waals surface area (Å²) in [5.74, 6) is -0.0857. The van der Waals surface area contributed by atoms with Gasteiger partial charge in [-0.25, -0.2) is 4.79 Å². The van der Waals surface area contributed by atoms with Crippen molar-refractivity contribution in [1.29, 1.82) is 0 Å². The summed E-state index contributed by atoms with van der Waals surface area (Å²) in [5.41, 5.74) is 4.60. The first-order valence-electron chi connectivity index (χ1n) is 10.6. The van der Waals surface area contributed by atoms with E-state index in [-0.39, 0.29) is 18.4 Å². The molecule has 0 saturated heterocycles. The molecule has 164 valence electrons. The molecule has 0 spiro atoms. The molecule has 1 aliphatic rings. The minimum atomic E-state index is -0.695. The molecule has 3 rings (SSSR count). The minimum absolute atomic E-state index is 0.0305. The summed E-state index contributed by atoms with van der Waals surface area (Å²) in [6, 6.07) is 15.6. The number of benzene rings is 2. The molecule has 0 unspecified atom stereocenters. The summed E-state index contributed by atoms with van der Waals surface area (Å²) in [5, 5.41) is 4.98. The number of unbranched alkanes of at least 4 members (excludes halogenated alkanes) is 2. The number of fused-ring (bicyclic) bond motifs is 3. The zero-order chi connectivity index (χ0) is 22.2. The van der Waals surface area contributed by atoms with Crippen LogP contribution in [-0.4, -0.2) is 36.3 Å². The van der Waals surface area contributed by atoms with Crippen molar-refractivity contribution >= 4 is 29.7 Å². The molecule has 2 N–H and O–H groups in total. The van der Waals surface area contributed by atoms with Gasteiger partial charge in [0.2, 0.25) is 11.0 Å². The molecule has 31 heavy (non-hydrogen) atoms. The predicted octanol–water partition coefficient (Wildman–Crippen LogP) is 4.05. The van der Waals surface area contributed by atoms with E-state index in [2.05, 4.69) is 47.5 Å². The molecule has 1 atom stereocenters. The lowest BCUT2D eigenvalue weighted by Crippen LogP contribution is -2.39. The molecule has 0 fully saturated rings. The molecule has 0 aromatic heterocycles. The summed E-state index contributed by atoms with van der Waals surface area (Å²) >= 11 is 3.90. The van der Waals surface area contributed by atoms with Gasteiger partial charge in [0.05, 0.1) is 0 Å². The number of amides is 2. The van der Waals surface area contributed by atoms with Crippen LogP contribution in [0.25, 0.3) is 11.1 Å². The van der Waals surface area contributed by atoms with Crippen LogP contribution >= 0.6 is 12.6 Å². The maximum Gasteiger partial charge on any atom is 0.407 e. The quantitative estimate of drug-likeness (QED) is 0.384. The number of carbonyl (C=O) groups is 3. The fourth-order valence-corrected chi connectivity index (χ4v) is 4.15. The van der Waals surface area contributed by atoms with Gasteiger partial charge in [0, 0.05) is 19.4 Å². The third-order valence-electron chi connectivity index (χ3n) is 5.48. The Morgan fingerprint density at radius 2 is 1.58 bits per heavy atom. The Morgan fingerprint density at radius 1 is 0.968 bits per heavy atom. The first-order valence-corrected chi connectivity index (χ1v) is 11.0. The number of thiol groups is 1. The first-order chi connectivity index (χ1) is 15.0.